The molecule has 1 N–H and O–H groups in total. The molecule has 8 nitrogen and oxygen atoms in total. The zero-order valence-electron chi connectivity index (χ0n) is 18.5. The number of rotatable bonds is 6. The first-order chi connectivity index (χ1) is 16.1. The second kappa shape index (κ2) is 8.82. The molecule has 0 radical (unpaired) electrons. The number of pyridine rings is 1. The van der Waals surface area contributed by atoms with Gasteiger partial charge in [-0.25, -0.2) is 9.97 Å². The van der Waals surface area contributed by atoms with Gasteiger partial charge in [-0.2, -0.15) is 5.10 Å². The predicted octanol–water partition coefficient (Wildman–Crippen LogP) is 3.85. The fraction of sp³-hybridized carbons (Fsp3) is 0.240. The molecule has 3 aromatic heterocycles. The van der Waals surface area contributed by atoms with Crippen LogP contribution in [0, 0.1) is 0 Å². The van der Waals surface area contributed by atoms with Gasteiger partial charge in [-0.3, -0.25) is 14.5 Å². The number of fused-ring (bicyclic) bond motifs is 1. The van der Waals surface area contributed by atoms with Crippen molar-refractivity contribution >= 4 is 5.91 Å². The lowest BCUT2D eigenvalue weighted by Crippen LogP contribution is -2.35. The molecule has 5 rings (SSSR count). The van der Waals surface area contributed by atoms with Crippen molar-refractivity contribution in [2.75, 3.05) is 6.54 Å². The molecule has 0 spiro atoms. The molecule has 0 fully saturated rings. The second-order valence-corrected chi connectivity index (χ2v) is 8.21. The minimum absolute atomic E-state index is 0.170. The van der Waals surface area contributed by atoms with Crippen LogP contribution in [0.15, 0.2) is 61.2 Å². The van der Waals surface area contributed by atoms with Crippen LogP contribution in [0.2, 0.25) is 0 Å². The van der Waals surface area contributed by atoms with Gasteiger partial charge in [0.1, 0.15) is 18.0 Å². The number of nitrogens with one attached hydrogen (secondary N) is 1. The number of ether oxygens (including phenoxy) is 1. The van der Waals surface area contributed by atoms with Crippen LogP contribution in [0.25, 0.3) is 22.5 Å². The van der Waals surface area contributed by atoms with Gasteiger partial charge in [0.2, 0.25) is 5.88 Å². The Kier molecular flexibility index (Phi) is 5.56. The third-order valence-corrected chi connectivity index (χ3v) is 5.65. The summed E-state index contributed by atoms with van der Waals surface area (Å²) in [6, 6.07) is 12.1. The van der Waals surface area contributed by atoms with Gasteiger partial charge in [-0.15, -0.1) is 0 Å². The standard InChI is InChI=1S/C25H24N6O2/c1-16(2)18-5-3-17(4-6-18)15-33-21-14-28-20(13-29-21)22-23(19-7-9-26-10-8-19)30-31-12-11-27-25(32)24(22)31/h3-10,13-14,16H,11-12,15H2,1-2H3,(H,27,32). The highest BCUT2D eigenvalue weighted by molar-refractivity contribution is 6.02. The van der Waals surface area contributed by atoms with Crippen molar-refractivity contribution in [2.45, 2.75) is 32.9 Å². The van der Waals surface area contributed by atoms with Gasteiger partial charge in [0.25, 0.3) is 5.91 Å². The van der Waals surface area contributed by atoms with Crippen molar-refractivity contribution in [3.8, 4) is 28.4 Å². The van der Waals surface area contributed by atoms with Gasteiger partial charge in [0, 0.05) is 24.5 Å². The predicted molar refractivity (Wildman–Crippen MR) is 124 cm³/mol. The minimum atomic E-state index is -0.170. The fourth-order valence-electron chi connectivity index (χ4n) is 3.84. The van der Waals surface area contributed by atoms with Crippen LogP contribution >= 0.6 is 0 Å². The topological polar surface area (TPSA) is 94.8 Å². The van der Waals surface area contributed by atoms with Crippen molar-refractivity contribution in [1.82, 2.24) is 30.0 Å². The lowest BCUT2D eigenvalue weighted by molar-refractivity contribution is 0.0925. The van der Waals surface area contributed by atoms with E-state index in [2.05, 4.69) is 58.4 Å². The van der Waals surface area contributed by atoms with E-state index in [0.717, 1.165) is 11.1 Å². The van der Waals surface area contributed by atoms with E-state index >= 15 is 0 Å². The molecular weight excluding hydrogens is 416 g/mol. The van der Waals surface area contributed by atoms with Gasteiger partial charge in [0.15, 0.2) is 0 Å². The minimum Gasteiger partial charge on any atom is -0.472 e. The van der Waals surface area contributed by atoms with Crippen LogP contribution < -0.4 is 10.1 Å². The van der Waals surface area contributed by atoms with Crippen LogP contribution in [0.3, 0.4) is 0 Å². The Balaban J connectivity index is 1.42. The molecule has 33 heavy (non-hydrogen) atoms. The van der Waals surface area contributed by atoms with E-state index in [1.165, 1.54) is 5.56 Å². The number of hydrogen-bond acceptors (Lipinski definition) is 6. The molecule has 8 heteroatoms. The van der Waals surface area contributed by atoms with Crippen molar-refractivity contribution < 1.29 is 9.53 Å². The highest BCUT2D eigenvalue weighted by atomic mass is 16.5. The summed E-state index contributed by atoms with van der Waals surface area (Å²) in [7, 11) is 0. The fourth-order valence-corrected chi connectivity index (χ4v) is 3.84. The zero-order valence-corrected chi connectivity index (χ0v) is 18.5. The Labute approximate surface area is 191 Å². The maximum Gasteiger partial charge on any atom is 0.270 e. The van der Waals surface area contributed by atoms with Gasteiger partial charge >= 0.3 is 0 Å². The van der Waals surface area contributed by atoms with E-state index in [1.54, 1.807) is 29.5 Å². The number of nitrogens with zero attached hydrogens (tertiary/aromatic N) is 5. The largest absolute Gasteiger partial charge is 0.472 e. The third kappa shape index (κ3) is 4.19. The Morgan fingerprint density at radius 2 is 1.85 bits per heavy atom. The Bertz CT molecular complexity index is 1270. The van der Waals surface area contributed by atoms with Gasteiger partial charge < -0.3 is 10.1 Å². The van der Waals surface area contributed by atoms with E-state index in [1.807, 2.05) is 12.1 Å². The van der Waals surface area contributed by atoms with Crippen molar-refractivity contribution in [2.24, 2.45) is 0 Å². The van der Waals surface area contributed by atoms with E-state index in [9.17, 15) is 4.79 Å². The van der Waals surface area contributed by atoms with Crippen molar-refractivity contribution in [3.63, 3.8) is 0 Å². The first-order valence-corrected chi connectivity index (χ1v) is 10.9. The molecular formula is C25H24N6O2. The van der Waals surface area contributed by atoms with Gasteiger partial charge in [-0.05, 0) is 29.2 Å². The summed E-state index contributed by atoms with van der Waals surface area (Å²) in [6.45, 7) is 5.89. The quantitative estimate of drug-likeness (QED) is 0.489. The molecule has 4 aromatic rings. The van der Waals surface area contributed by atoms with Crippen LogP contribution in [-0.4, -0.2) is 37.2 Å². The molecule has 0 atom stereocenters. The smallest absolute Gasteiger partial charge is 0.270 e. The summed E-state index contributed by atoms with van der Waals surface area (Å²) < 4.78 is 7.56. The van der Waals surface area contributed by atoms with E-state index in [0.29, 0.717) is 54.1 Å². The Morgan fingerprint density at radius 1 is 1.06 bits per heavy atom. The normalized spacial score (nSPS) is 13.0. The number of amides is 1. The molecule has 0 saturated carbocycles. The highest BCUT2D eigenvalue weighted by Crippen LogP contribution is 2.34. The summed E-state index contributed by atoms with van der Waals surface area (Å²) in [4.78, 5) is 25.7. The first-order valence-electron chi connectivity index (χ1n) is 10.9. The van der Waals surface area contributed by atoms with E-state index in [-0.39, 0.29) is 5.91 Å². The summed E-state index contributed by atoms with van der Waals surface area (Å²) in [6.07, 6.45) is 6.61. The number of hydrogen-bond donors (Lipinski definition) is 1. The lowest BCUT2D eigenvalue weighted by atomic mass is 10.0. The molecule has 1 amide bonds. The summed E-state index contributed by atoms with van der Waals surface area (Å²) >= 11 is 0. The first kappa shape index (κ1) is 20.8. The van der Waals surface area contributed by atoms with Gasteiger partial charge in [0.05, 0.1) is 30.2 Å². The molecule has 166 valence electrons. The molecule has 1 aliphatic rings. The average molecular weight is 441 g/mol. The Hall–Kier alpha value is -4.07. The van der Waals surface area contributed by atoms with Crippen LogP contribution in [0.5, 0.6) is 5.88 Å². The maximum atomic E-state index is 12.7. The number of aromatic nitrogens is 5. The number of carbonyl (C=O) groups excluding carboxylic acids is 1. The number of benzene rings is 1. The molecule has 1 aromatic carbocycles. The molecule has 0 saturated heterocycles. The summed E-state index contributed by atoms with van der Waals surface area (Å²) in [5, 5.41) is 7.58. The highest BCUT2D eigenvalue weighted by Gasteiger charge is 2.28. The average Bonchev–Trinajstić information content (AvgIpc) is 3.25. The maximum absolute atomic E-state index is 12.7. The molecule has 4 heterocycles. The molecule has 1 aliphatic heterocycles. The van der Waals surface area contributed by atoms with Crippen molar-refractivity contribution in [1.29, 1.82) is 0 Å². The summed E-state index contributed by atoms with van der Waals surface area (Å²) in [5.41, 5.74) is 5.60. The monoisotopic (exact) mass is 440 g/mol. The number of carbonyl (C=O) groups is 1. The zero-order chi connectivity index (χ0) is 22.8. The Morgan fingerprint density at radius 3 is 2.55 bits per heavy atom. The van der Waals surface area contributed by atoms with Crippen molar-refractivity contribution in [3.05, 3.63) is 78.0 Å². The third-order valence-electron chi connectivity index (χ3n) is 5.65. The van der Waals surface area contributed by atoms with Crippen LogP contribution in [0.1, 0.15) is 41.4 Å². The lowest BCUT2D eigenvalue weighted by Gasteiger charge is -2.15. The van der Waals surface area contributed by atoms with Crippen LogP contribution in [-0.2, 0) is 13.2 Å². The van der Waals surface area contributed by atoms with E-state index in [4.69, 9.17) is 9.84 Å². The van der Waals surface area contributed by atoms with Gasteiger partial charge in [-0.1, -0.05) is 38.1 Å². The molecule has 0 unspecified atom stereocenters. The van der Waals surface area contributed by atoms with E-state index < -0.39 is 0 Å². The molecule has 0 aliphatic carbocycles. The van der Waals surface area contributed by atoms with Crippen LogP contribution in [0.4, 0.5) is 0 Å². The molecule has 0 bridgehead atoms. The summed E-state index contributed by atoms with van der Waals surface area (Å²) in [5.74, 6) is 0.741. The SMILES string of the molecule is CC(C)c1ccc(COc2cnc(-c3c(-c4ccncc4)nn4c3C(=O)NCC4)cn2)cc1. The second-order valence-electron chi connectivity index (χ2n) is 8.21.